The molecule has 3 heterocycles. The van der Waals surface area contributed by atoms with Crippen LogP contribution < -0.4 is 0 Å². The number of hydrogen-bond acceptors (Lipinski definition) is 3. The van der Waals surface area contributed by atoms with Crippen molar-refractivity contribution in [1.29, 1.82) is 0 Å². The molecule has 0 saturated carbocycles. The molecule has 0 N–H and O–H groups in total. The fourth-order valence-corrected chi connectivity index (χ4v) is 6.03. The van der Waals surface area contributed by atoms with Crippen LogP contribution in [0, 0.1) is 11.3 Å². The van der Waals surface area contributed by atoms with E-state index in [4.69, 9.17) is 0 Å². The molecule has 3 saturated heterocycles. The first kappa shape index (κ1) is 23.3. The molecule has 0 radical (unpaired) electrons. The Hall–Kier alpha value is -1.88. The third kappa shape index (κ3) is 5.54. The second kappa shape index (κ2) is 10.8. The topological polar surface area (TPSA) is 43.9 Å². The number of amides is 2. The van der Waals surface area contributed by atoms with Gasteiger partial charge in [-0.05, 0) is 75.9 Å². The summed E-state index contributed by atoms with van der Waals surface area (Å²) in [5.74, 6) is 1.09. The van der Waals surface area contributed by atoms with E-state index in [9.17, 15) is 9.59 Å². The molecule has 0 aliphatic carbocycles. The zero-order chi connectivity index (χ0) is 22.4. The highest BCUT2D eigenvalue weighted by Crippen LogP contribution is 2.42. The lowest BCUT2D eigenvalue weighted by atomic mass is 9.69. The van der Waals surface area contributed by atoms with Crippen molar-refractivity contribution >= 4 is 11.8 Å². The highest BCUT2D eigenvalue weighted by atomic mass is 16.2. The number of hydrogen-bond donors (Lipinski definition) is 0. The van der Waals surface area contributed by atoms with Crippen molar-refractivity contribution in [3.63, 3.8) is 0 Å². The van der Waals surface area contributed by atoms with E-state index < -0.39 is 0 Å². The molecule has 0 spiro atoms. The third-order valence-corrected chi connectivity index (χ3v) is 8.22. The van der Waals surface area contributed by atoms with Crippen LogP contribution in [0.3, 0.4) is 0 Å². The summed E-state index contributed by atoms with van der Waals surface area (Å²) >= 11 is 0. The lowest BCUT2D eigenvalue weighted by Crippen LogP contribution is -2.50. The van der Waals surface area contributed by atoms with Crippen molar-refractivity contribution in [3.05, 3.63) is 35.9 Å². The molecule has 5 heteroatoms. The quantitative estimate of drug-likeness (QED) is 0.674. The molecule has 0 aromatic heterocycles. The van der Waals surface area contributed by atoms with Gasteiger partial charge in [-0.1, -0.05) is 43.7 Å². The van der Waals surface area contributed by atoms with Gasteiger partial charge in [-0.25, -0.2) is 0 Å². The largest absolute Gasteiger partial charge is 0.342 e. The molecule has 3 fully saturated rings. The summed E-state index contributed by atoms with van der Waals surface area (Å²) in [5, 5.41) is 0. The Morgan fingerprint density at radius 1 is 0.938 bits per heavy atom. The number of carbonyl (C=O) groups excluding carboxylic acids is 2. The van der Waals surface area contributed by atoms with Gasteiger partial charge in [-0.3, -0.25) is 14.5 Å². The molecule has 1 aromatic rings. The highest BCUT2D eigenvalue weighted by molar-refractivity contribution is 5.83. The molecule has 1 aromatic carbocycles. The predicted molar refractivity (Wildman–Crippen MR) is 128 cm³/mol. The van der Waals surface area contributed by atoms with Gasteiger partial charge in [-0.2, -0.15) is 0 Å². The monoisotopic (exact) mass is 439 g/mol. The van der Waals surface area contributed by atoms with Gasteiger partial charge in [0.05, 0.1) is 6.54 Å². The average Bonchev–Trinajstić information content (AvgIpc) is 2.98. The van der Waals surface area contributed by atoms with E-state index in [-0.39, 0.29) is 5.41 Å². The Bertz CT molecular complexity index is 753. The number of benzene rings is 1. The van der Waals surface area contributed by atoms with Crippen LogP contribution in [0.2, 0.25) is 0 Å². The Labute approximate surface area is 194 Å². The molecular formula is C27H41N3O2. The zero-order valence-corrected chi connectivity index (χ0v) is 19.9. The SMILES string of the molecule is C[C@]1(C2CCN(CC(=O)N3CCCCC3)CC2)CCCCN(CCc2ccccc2)C1=O. The Morgan fingerprint density at radius 3 is 2.34 bits per heavy atom. The number of carbonyl (C=O) groups is 2. The van der Waals surface area contributed by atoms with Gasteiger partial charge >= 0.3 is 0 Å². The van der Waals surface area contributed by atoms with E-state index in [0.29, 0.717) is 24.3 Å². The van der Waals surface area contributed by atoms with E-state index in [1.807, 2.05) is 6.07 Å². The summed E-state index contributed by atoms with van der Waals surface area (Å²) in [6.45, 7) is 8.25. The lowest BCUT2D eigenvalue weighted by molar-refractivity contribution is -0.145. The first-order chi connectivity index (χ1) is 15.6. The normalized spacial score (nSPS) is 26.2. The lowest BCUT2D eigenvalue weighted by Gasteiger charge is -2.43. The van der Waals surface area contributed by atoms with Gasteiger partial charge in [0.25, 0.3) is 0 Å². The molecule has 0 unspecified atom stereocenters. The van der Waals surface area contributed by atoms with Crippen molar-refractivity contribution < 1.29 is 9.59 Å². The summed E-state index contributed by atoms with van der Waals surface area (Å²) in [4.78, 5) is 32.9. The van der Waals surface area contributed by atoms with E-state index >= 15 is 0 Å². The molecule has 32 heavy (non-hydrogen) atoms. The van der Waals surface area contributed by atoms with E-state index in [1.54, 1.807) is 0 Å². The summed E-state index contributed by atoms with van der Waals surface area (Å²) in [5.41, 5.74) is 1.05. The summed E-state index contributed by atoms with van der Waals surface area (Å²) in [6.07, 6.45) is 9.79. The molecule has 0 bridgehead atoms. The molecule has 3 aliphatic heterocycles. The number of piperidine rings is 2. The number of likely N-dealkylation sites (tertiary alicyclic amines) is 3. The highest BCUT2D eigenvalue weighted by Gasteiger charge is 2.45. The van der Waals surface area contributed by atoms with Gasteiger partial charge in [0.15, 0.2) is 0 Å². The van der Waals surface area contributed by atoms with Gasteiger partial charge in [-0.15, -0.1) is 0 Å². The van der Waals surface area contributed by atoms with Crippen LogP contribution >= 0.6 is 0 Å². The Kier molecular flexibility index (Phi) is 7.88. The van der Waals surface area contributed by atoms with Crippen molar-refractivity contribution in [2.45, 2.75) is 64.7 Å². The van der Waals surface area contributed by atoms with E-state index in [2.05, 4.69) is 45.9 Å². The first-order valence-corrected chi connectivity index (χ1v) is 12.9. The maximum Gasteiger partial charge on any atom is 0.236 e. The minimum Gasteiger partial charge on any atom is -0.342 e. The molecule has 176 valence electrons. The van der Waals surface area contributed by atoms with Crippen LogP contribution in [-0.4, -0.2) is 72.3 Å². The number of nitrogens with zero attached hydrogens (tertiary/aromatic N) is 3. The minimum atomic E-state index is -0.254. The third-order valence-electron chi connectivity index (χ3n) is 8.22. The predicted octanol–water partition coefficient (Wildman–Crippen LogP) is 3.97. The first-order valence-electron chi connectivity index (χ1n) is 12.9. The minimum absolute atomic E-state index is 0.254. The average molecular weight is 440 g/mol. The van der Waals surface area contributed by atoms with Crippen molar-refractivity contribution in [1.82, 2.24) is 14.7 Å². The van der Waals surface area contributed by atoms with Crippen molar-refractivity contribution in [2.75, 3.05) is 45.8 Å². The second-order valence-corrected chi connectivity index (χ2v) is 10.4. The fourth-order valence-electron chi connectivity index (χ4n) is 6.03. The van der Waals surface area contributed by atoms with Crippen LogP contribution in [0.5, 0.6) is 0 Å². The Balaban J connectivity index is 1.31. The van der Waals surface area contributed by atoms with Crippen LogP contribution in [-0.2, 0) is 16.0 Å². The van der Waals surface area contributed by atoms with E-state index in [1.165, 1.54) is 12.0 Å². The molecule has 5 nitrogen and oxygen atoms in total. The molecule has 1 atom stereocenters. The van der Waals surface area contributed by atoms with Crippen LogP contribution in [0.25, 0.3) is 0 Å². The number of rotatable bonds is 6. The fraction of sp³-hybridized carbons (Fsp3) is 0.704. The summed E-state index contributed by atoms with van der Waals surface area (Å²) < 4.78 is 0. The molecule has 2 amide bonds. The molecular weight excluding hydrogens is 398 g/mol. The van der Waals surface area contributed by atoms with Gasteiger partial charge in [0.1, 0.15) is 0 Å². The van der Waals surface area contributed by atoms with Crippen LogP contribution in [0.15, 0.2) is 30.3 Å². The van der Waals surface area contributed by atoms with E-state index in [0.717, 1.165) is 90.6 Å². The van der Waals surface area contributed by atoms with Crippen molar-refractivity contribution in [2.24, 2.45) is 11.3 Å². The summed E-state index contributed by atoms with van der Waals surface area (Å²) in [7, 11) is 0. The van der Waals surface area contributed by atoms with Crippen molar-refractivity contribution in [3.8, 4) is 0 Å². The maximum absolute atomic E-state index is 13.7. The zero-order valence-electron chi connectivity index (χ0n) is 19.9. The molecule has 4 rings (SSSR count). The van der Waals surface area contributed by atoms with Gasteiger partial charge in [0.2, 0.25) is 11.8 Å². The standard InChI is InChI=1S/C27H41N3O2/c1-27(15-6-9-18-30(26(27)32)21-12-23-10-4-2-5-11-23)24-13-19-28(20-14-24)22-25(31)29-16-7-3-8-17-29/h2,4-5,10-11,24H,3,6-9,12-22H2,1H3/t27-/m1/s1. The maximum atomic E-state index is 13.7. The molecule has 3 aliphatic rings. The smallest absolute Gasteiger partial charge is 0.236 e. The Morgan fingerprint density at radius 2 is 1.62 bits per heavy atom. The van der Waals surface area contributed by atoms with Crippen LogP contribution in [0.1, 0.15) is 63.9 Å². The van der Waals surface area contributed by atoms with Crippen LogP contribution in [0.4, 0.5) is 0 Å². The summed E-state index contributed by atoms with van der Waals surface area (Å²) in [6, 6.07) is 10.5. The second-order valence-electron chi connectivity index (χ2n) is 10.4. The van der Waals surface area contributed by atoms with Gasteiger partial charge < -0.3 is 9.80 Å². The van der Waals surface area contributed by atoms with Gasteiger partial charge in [0, 0.05) is 31.6 Å².